The van der Waals surface area contributed by atoms with E-state index in [-0.39, 0.29) is 11.9 Å². The second kappa shape index (κ2) is 8.76. The Bertz CT molecular complexity index is 529. The summed E-state index contributed by atoms with van der Waals surface area (Å²) in [6.45, 7) is 4.13. The lowest BCUT2D eigenvalue weighted by atomic mass is 9.91. The minimum Gasteiger partial charge on any atom is -0.492 e. The van der Waals surface area contributed by atoms with Gasteiger partial charge >= 0.3 is 0 Å². The first kappa shape index (κ1) is 18.4. The molecule has 23 heavy (non-hydrogen) atoms. The van der Waals surface area contributed by atoms with Crippen LogP contribution in [-0.4, -0.2) is 36.5 Å². The van der Waals surface area contributed by atoms with Crippen LogP contribution in [0.2, 0.25) is 10.0 Å². The maximum absolute atomic E-state index is 12.2. The smallest absolute Gasteiger partial charge is 0.222 e. The van der Waals surface area contributed by atoms with E-state index in [1.54, 1.807) is 18.2 Å². The third-order valence-corrected chi connectivity index (χ3v) is 4.85. The Balaban J connectivity index is 1.67. The molecule has 0 spiro atoms. The second-order valence-electron chi connectivity index (χ2n) is 6.10. The number of rotatable bonds is 6. The van der Waals surface area contributed by atoms with Gasteiger partial charge in [-0.2, -0.15) is 0 Å². The Morgan fingerprint density at radius 3 is 2.70 bits per heavy atom. The average Bonchev–Trinajstić information content (AvgIpc) is 2.53. The SMILES string of the molecule is CC(N)C1CCN(C(=O)CCCOc2ccc(Cl)cc2Cl)CC1. The zero-order valence-electron chi connectivity index (χ0n) is 13.4. The third-order valence-electron chi connectivity index (χ3n) is 4.32. The van der Waals surface area contributed by atoms with E-state index in [1.807, 2.05) is 11.8 Å². The number of piperidine rings is 1. The molecule has 1 aliphatic rings. The number of benzene rings is 1. The summed E-state index contributed by atoms with van der Waals surface area (Å²) >= 11 is 11.9. The fraction of sp³-hybridized carbons (Fsp3) is 0.588. The number of amides is 1. The number of hydrogen-bond donors (Lipinski definition) is 1. The number of carbonyl (C=O) groups excluding carboxylic acids is 1. The van der Waals surface area contributed by atoms with E-state index in [1.165, 1.54) is 0 Å². The molecular weight excluding hydrogens is 335 g/mol. The van der Waals surface area contributed by atoms with Gasteiger partial charge < -0.3 is 15.4 Å². The lowest BCUT2D eigenvalue weighted by molar-refractivity contribution is -0.132. The van der Waals surface area contributed by atoms with Crippen LogP contribution >= 0.6 is 23.2 Å². The van der Waals surface area contributed by atoms with Crippen LogP contribution in [0.5, 0.6) is 5.75 Å². The zero-order chi connectivity index (χ0) is 16.8. The lowest BCUT2D eigenvalue weighted by Crippen LogP contribution is -2.42. The van der Waals surface area contributed by atoms with Gasteiger partial charge in [-0.05, 0) is 50.3 Å². The van der Waals surface area contributed by atoms with Crippen molar-refractivity contribution in [3.63, 3.8) is 0 Å². The number of carbonyl (C=O) groups is 1. The van der Waals surface area contributed by atoms with Crippen LogP contribution in [0.15, 0.2) is 18.2 Å². The van der Waals surface area contributed by atoms with E-state index in [0.29, 0.717) is 41.2 Å². The molecule has 1 aliphatic heterocycles. The summed E-state index contributed by atoms with van der Waals surface area (Å²) < 4.78 is 5.60. The summed E-state index contributed by atoms with van der Waals surface area (Å²) in [5.41, 5.74) is 5.92. The van der Waals surface area contributed by atoms with Crippen LogP contribution < -0.4 is 10.5 Å². The predicted molar refractivity (Wildman–Crippen MR) is 94.1 cm³/mol. The molecule has 0 bridgehead atoms. The van der Waals surface area contributed by atoms with E-state index in [0.717, 1.165) is 25.9 Å². The summed E-state index contributed by atoms with van der Waals surface area (Å²) in [4.78, 5) is 14.1. The maximum atomic E-state index is 12.2. The monoisotopic (exact) mass is 358 g/mol. The van der Waals surface area contributed by atoms with Gasteiger partial charge in [-0.25, -0.2) is 0 Å². The number of nitrogens with two attached hydrogens (primary N) is 1. The molecule has 1 heterocycles. The summed E-state index contributed by atoms with van der Waals surface area (Å²) in [5.74, 6) is 1.33. The minimum absolute atomic E-state index is 0.193. The molecule has 1 aromatic rings. The summed E-state index contributed by atoms with van der Waals surface area (Å²) in [6, 6.07) is 5.33. The summed E-state index contributed by atoms with van der Waals surface area (Å²) in [5, 5.41) is 1.06. The number of halogens is 2. The Labute approximate surface area is 147 Å². The van der Waals surface area contributed by atoms with Gasteiger partial charge in [0.15, 0.2) is 0 Å². The predicted octanol–water partition coefficient (Wildman–Crippen LogP) is 3.74. The maximum Gasteiger partial charge on any atom is 0.222 e. The zero-order valence-corrected chi connectivity index (χ0v) is 14.9. The van der Waals surface area contributed by atoms with Gasteiger partial charge in [0.1, 0.15) is 5.75 Å². The quantitative estimate of drug-likeness (QED) is 0.788. The standard InChI is InChI=1S/C17H24Cl2N2O2/c1-12(20)13-6-8-21(9-7-13)17(22)3-2-10-23-16-5-4-14(18)11-15(16)19/h4-5,11-13H,2-3,6-10,20H2,1H3. The third kappa shape index (κ3) is 5.55. The topological polar surface area (TPSA) is 55.6 Å². The molecule has 4 nitrogen and oxygen atoms in total. The highest BCUT2D eigenvalue weighted by molar-refractivity contribution is 6.35. The fourth-order valence-corrected chi connectivity index (χ4v) is 3.29. The van der Waals surface area contributed by atoms with Crippen LogP contribution in [0.4, 0.5) is 0 Å². The van der Waals surface area contributed by atoms with Crippen molar-refractivity contribution >= 4 is 29.1 Å². The fourth-order valence-electron chi connectivity index (χ4n) is 2.83. The van der Waals surface area contributed by atoms with Gasteiger partial charge in [0.25, 0.3) is 0 Å². The van der Waals surface area contributed by atoms with Gasteiger partial charge in [-0.1, -0.05) is 23.2 Å². The molecule has 1 unspecified atom stereocenters. The lowest BCUT2D eigenvalue weighted by Gasteiger charge is -2.33. The summed E-state index contributed by atoms with van der Waals surface area (Å²) in [6.07, 6.45) is 3.17. The molecular formula is C17H24Cl2N2O2. The largest absolute Gasteiger partial charge is 0.492 e. The van der Waals surface area contributed by atoms with Gasteiger partial charge in [0.05, 0.1) is 11.6 Å². The first-order chi connectivity index (χ1) is 11.0. The molecule has 1 saturated heterocycles. The van der Waals surface area contributed by atoms with Crippen molar-refractivity contribution in [2.75, 3.05) is 19.7 Å². The van der Waals surface area contributed by atoms with Crippen LogP contribution in [0, 0.1) is 5.92 Å². The van der Waals surface area contributed by atoms with Crippen LogP contribution in [-0.2, 0) is 4.79 Å². The van der Waals surface area contributed by atoms with Crippen LogP contribution in [0.1, 0.15) is 32.6 Å². The van der Waals surface area contributed by atoms with Gasteiger partial charge in [-0.3, -0.25) is 4.79 Å². The highest BCUT2D eigenvalue weighted by atomic mass is 35.5. The molecule has 0 saturated carbocycles. The van der Waals surface area contributed by atoms with Crippen molar-refractivity contribution in [2.45, 2.75) is 38.6 Å². The van der Waals surface area contributed by atoms with E-state index < -0.39 is 0 Å². The first-order valence-electron chi connectivity index (χ1n) is 8.08. The van der Waals surface area contributed by atoms with E-state index >= 15 is 0 Å². The number of ether oxygens (including phenoxy) is 1. The number of hydrogen-bond acceptors (Lipinski definition) is 3. The second-order valence-corrected chi connectivity index (χ2v) is 6.95. The van der Waals surface area contributed by atoms with Crippen LogP contribution in [0.3, 0.4) is 0 Å². The van der Waals surface area contributed by atoms with E-state index in [4.69, 9.17) is 33.7 Å². The molecule has 1 fully saturated rings. The molecule has 1 aromatic carbocycles. The van der Waals surface area contributed by atoms with E-state index in [2.05, 4.69) is 0 Å². The Hall–Kier alpha value is -0.970. The highest BCUT2D eigenvalue weighted by Gasteiger charge is 2.24. The Morgan fingerprint density at radius 2 is 2.09 bits per heavy atom. The van der Waals surface area contributed by atoms with Crippen molar-refractivity contribution in [3.8, 4) is 5.75 Å². The molecule has 0 radical (unpaired) electrons. The highest BCUT2D eigenvalue weighted by Crippen LogP contribution is 2.27. The number of likely N-dealkylation sites (tertiary alicyclic amines) is 1. The number of nitrogens with zero attached hydrogens (tertiary/aromatic N) is 1. The minimum atomic E-state index is 0.193. The summed E-state index contributed by atoms with van der Waals surface area (Å²) in [7, 11) is 0. The molecule has 2 rings (SSSR count). The molecule has 0 aliphatic carbocycles. The van der Waals surface area contributed by atoms with Crippen molar-refractivity contribution in [1.82, 2.24) is 4.90 Å². The Kier molecular flexibility index (Phi) is 7.00. The molecule has 1 amide bonds. The van der Waals surface area contributed by atoms with Crippen molar-refractivity contribution in [2.24, 2.45) is 11.7 Å². The first-order valence-corrected chi connectivity index (χ1v) is 8.84. The van der Waals surface area contributed by atoms with E-state index in [9.17, 15) is 4.79 Å². The molecule has 2 N–H and O–H groups in total. The van der Waals surface area contributed by atoms with Crippen LogP contribution in [0.25, 0.3) is 0 Å². The molecule has 1 atom stereocenters. The normalized spacial score (nSPS) is 17.1. The van der Waals surface area contributed by atoms with Gasteiger partial charge in [0, 0.05) is 30.6 Å². The average molecular weight is 359 g/mol. The molecule has 128 valence electrons. The van der Waals surface area contributed by atoms with Crippen molar-refractivity contribution < 1.29 is 9.53 Å². The molecule has 0 aromatic heterocycles. The van der Waals surface area contributed by atoms with Crippen molar-refractivity contribution in [1.29, 1.82) is 0 Å². The molecule has 6 heteroatoms. The van der Waals surface area contributed by atoms with Gasteiger partial charge in [0.2, 0.25) is 5.91 Å². The van der Waals surface area contributed by atoms with Gasteiger partial charge in [-0.15, -0.1) is 0 Å². The Morgan fingerprint density at radius 1 is 1.39 bits per heavy atom. The van der Waals surface area contributed by atoms with Crippen molar-refractivity contribution in [3.05, 3.63) is 28.2 Å².